The number of rotatable bonds is 7. The van der Waals surface area contributed by atoms with E-state index in [1.807, 2.05) is 38.1 Å². The van der Waals surface area contributed by atoms with Crippen molar-refractivity contribution < 1.29 is 17.9 Å². The third kappa shape index (κ3) is 6.59. The lowest BCUT2D eigenvalue weighted by Gasteiger charge is -2.19. The summed E-state index contributed by atoms with van der Waals surface area (Å²) in [6.45, 7) is 3.49. The third-order valence-electron chi connectivity index (χ3n) is 2.81. The number of likely N-dealkylation sites (N-methyl/N-ethyl adjacent to an activating group) is 1. The Morgan fingerprint density at radius 2 is 1.95 bits per heavy atom. The topological polar surface area (TPSA) is 21.3 Å². The minimum Gasteiger partial charge on any atom is -0.370 e. The molecule has 0 aromatic heterocycles. The Morgan fingerprint density at radius 1 is 1.26 bits per heavy atom. The SMILES string of the molecule is CCNC(COCC(F)(F)F)Cc1ccccc1C. The molecule has 0 bridgehead atoms. The van der Waals surface area contributed by atoms with Crippen LogP contribution >= 0.6 is 0 Å². The molecule has 1 unspecified atom stereocenters. The minimum atomic E-state index is -4.26. The van der Waals surface area contributed by atoms with E-state index in [0.29, 0.717) is 13.0 Å². The van der Waals surface area contributed by atoms with Crippen molar-refractivity contribution in [3.8, 4) is 0 Å². The molecule has 5 heteroatoms. The maximum Gasteiger partial charge on any atom is 0.411 e. The van der Waals surface area contributed by atoms with Gasteiger partial charge >= 0.3 is 6.18 Å². The summed E-state index contributed by atoms with van der Waals surface area (Å²) in [6, 6.07) is 7.76. The van der Waals surface area contributed by atoms with E-state index in [4.69, 9.17) is 4.74 Å². The average molecular weight is 275 g/mol. The highest BCUT2D eigenvalue weighted by Gasteiger charge is 2.27. The van der Waals surface area contributed by atoms with E-state index in [1.54, 1.807) is 0 Å². The van der Waals surface area contributed by atoms with Crippen molar-refractivity contribution in [3.05, 3.63) is 35.4 Å². The Balaban J connectivity index is 2.51. The number of alkyl halides is 3. The van der Waals surface area contributed by atoms with Crippen molar-refractivity contribution in [1.82, 2.24) is 5.32 Å². The average Bonchev–Trinajstić information content (AvgIpc) is 2.30. The summed E-state index contributed by atoms with van der Waals surface area (Å²) >= 11 is 0. The zero-order chi connectivity index (χ0) is 14.3. The van der Waals surface area contributed by atoms with Crippen LogP contribution in [0.3, 0.4) is 0 Å². The fourth-order valence-corrected chi connectivity index (χ4v) is 1.90. The molecule has 0 fully saturated rings. The van der Waals surface area contributed by atoms with Gasteiger partial charge in [-0.3, -0.25) is 0 Å². The molecule has 1 aromatic carbocycles. The zero-order valence-corrected chi connectivity index (χ0v) is 11.3. The van der Waals surface area contributed by atoms with Crippen molar-refractivity contribution in [2.75, 3.05) is 19.8 Å². The lowest BCUT2D eigenvalue weighted by atomic mass is 10.0. The summed E-state index contributed by atoms with van der Waals surface area (Å²) in [6.07, 6.45) is -3.60. The van der Waals surface area contributed by atoms with Crippen LogP contribution in [0.5, 0.6) is 0 Å². The van der Waals surface area contributed by atoms with Gasteiger partial charge in [-0.1, -0.05) is 31.2 Å². The third-order valence-corrected chi connectivity index (χ3v) is 2.81. The number of benzene rings is 1. The summed E-state index contributed by atoms with van der Waals surface area (Å²) in [5.41, 5.74) is 2.27. The first-order valence-electron chi connectivity index (χ1n) is 6.34. The van der Waals surface area contributed by atoms with Crippen LogP contribution in [0.15, 0.2) is 24.3 Å². The van der Waals surface area contributed by atoms with Gasteiger partial charge in [-0.15, -0.1) is 0 Å². The molecule has 1 atom stereocenters. The van der Waals surface area contributed by atoms with Gasteiger partial charge < -0.3 is 10.1 Å². The fraction of sp³-hybridized carbons (Fsp3) is 0.571. The molecular formula is C14H20F3NO. The Morgan fingerprint density at radius 3 is 2.53 bits per heavy atom. The van der Waals surface area contributed by atoms with Gasteiger partial charge in [-0.2, -0.15) is 13.2 Å². The molecule has 0 spiro atoms. The summed E-state index contributed by atoms with van der Waals surface area (Å²) in [5.74, 6) is 0. The van der Waals surface area contributed by atoms with Crippen LogP contribution in [0.1, 0.15) is 18.1 Å². The molecule has 0 aliphatic rings. The van der Waals surface area contributed by atoms with Crippen molar-refractivity contribution in [2.24, 2.45) is 0 Å². The van der Waals surface area contributed by atoms with E-state index in [0.717, 1.165) is 11.1 Å². The highest BCUT2D eigenvalue weighted by molar-refractivity contribution is 5.26. The van der Waals surface area contributed by atoms with Gasteiger partial charge in [0.25, 0.3) is 0 Å². The quantitative estimate of drug-likeness (QED) is 0.825. The molecule has 0 heterocycles. The molecule has 0 saturated carbocycles. The second-order valence-electron chi connectivity index (χ2n) is 4.52. The van der Waals surface area contributed by atoms with E-state index in [9.17, 15) is 13.2 Å². The first-order chi connectivity index (χ1) is 8.92. The number of hydrogen-bond donors (Lipinski definition) is 1. The number of hydrogen-bond acceptors (Lipinski definition) is 2. The molecule has 0 aliphatic carbocycles. The minimum absolute atomic E-state index is 0.0572. The second kappa shape index (κ2) is 7.50. The Hall–Kier alpha value is -1.07. The van der Waals surface area contributed by atoms with E-state index >= 15 is 0 Å². The molecule has 0 aliphatic heterocycles. The van der Waals surface area contributed by atoms with Crippen LogP contribution in [0, 0.1) is 6.92 Å². The Kier molecular flexibility index (Phi) is 6.31. The van der Waals surface area contributed by atoms with E-state index in [1.165, 1.54) is 0 Å². The monoisotopic (exact) mass is 275 g/mol. The molecule has 2 nitrogen and oxygen atoms in total. The van der Waals surface area contributed by atoms with Crippen molar-refractivity contribution >= 4 is 0 Å². The normalized spacial score (nSPS) is 13.5. The van der Waals surface area contributed by atoms with Crippen LogP contribution in [-0.2, 0) is 11.2 Å². The zero-order valence-electron chi connectivity index (χ0n) is 11.3. The van der Waals surface area contributed by atoms with Crippen molar-refractivity contribution in [1.29, 1.82) is 0 Å². The van der Waals surface area contributed by atoms with Crippen molar-refractivity contribution in [2.45, 2.75) is 32.5 Å². The number of halogens is 3. The first-order valence-corrected chi connectivity index (χ1v) is 6.34. The molecule has 19 heavy (non-hydrogen) atoms. The molecule has 0 radical (unpaired) electrons. The highest BCUT2D eigenvalue weighted by atomic mass is 19.4. The van der Waals surface area contributed by atoms with Gasteiger partial charge in [0, 0.05) is 6.04 Å². The van der Waals surface area contributed by atoms with E-state index in [2.05, 4.69) is 5.32 Å². The molecule has 1 N–H and O–H groups in total. The Labute approximate surface area is 112 Å². The van der Waals surface area contributed by atoms with Crippen molar-refractivity contribution in [3.63, 3.8) is 0 Å². The van der Waals surface area contributed by atoms with Crippen LogP contribution in [0.4, 0.5) is 13.2 Å². The Bertz CT molecular complexity index is 379. The standard InChI is InChI=1S/C14H20F3NO/c1-3-18-13(9-19-10-14(15,16)17)8-12-7-5-4-6-11(12)2/h4-7,13,18H,3,8-10H2,1-2H3. The van der Waals surface area contributed by atoms with E-state index in [-0.39, 0.29) is 12.6 Å². The van der Waals surface area contributed by atoms with E-state index < -0.39 is 12.8 Å². The fourth-order valence-electron chi connectivity index (χ4n) is 1.90. The number of nitrogens with one attached hydrogen (secondary N) is 1. The number of ether oxygens (including phenoxy) is 1. The van der Waals surface area contributed by atoms with Gasteiger partial charge in [-0.25, -0.2) is 0 Å². The van der Waals surface area contributed by atoms with Gasteiger partial charge in [0.05, 0.1) is 6.61 Å². The summed E-state index contributed by atoms with van der Waals surface area (Å²) in [7, 11) is 0. The maximum atomic E-state index is 12.0. The van der Waals surface area contributed by atoms with Crippen LogP contribution in [0.2, 0.25) is 0 Å². The molecule has 1 aromatic rings. The van der Waals surface area contributed by atoms with Gasteiger partial charge in [0.2, 0.25) is 0 Å². The largest absolute Gasteiger partial charge is 0.411 e. The summed E-state index contributed by atoms with van der Waals surface area (Å²) in [4.78, 5) is 0. The smallest absolute Gasteiger partial charge is 0.370 e. The van der Waals surface area contributed by atoms with Crippen LogP contribution in [-0.4, -0.2) is 32.0 Å². The highest BCUT2D eigenvalue weighted by Crippen LogP contribution is 2.15. The molecule has 108 valence electrons. The van der Waals surface area contributed by atoms with Crippen LogP contribution < -0.4 is 5.32 Å². The lowest BCUT2D eigenvalue weighted by molar-refractivity contribution is -0.175. The van der Waals surface area contributed by atoms with Gasteiger partial charge in [0.1, 0.15) is 6.61 Å². The van der Waals surface area contributed by atoms with Gasteiger partial charge in [-0.05, 0) is 31.0 Å². The second-order valence-corrected chi connectivity index (χ2v) is 4.52. The summed E-state index contributed by atoms with van der Waals surface area (Å²) in [5, 5.41) is 3.15. The lowest BCUT2D eigenvalue weighted by Crippen LogP contribution is -2.36. The predicted octanol–water partition coefficient (Wildman–Crippen LogP) is 3.09. The maximum absolute atomic E-state index is 12.0. The first kappa shape index (κ1) is 16.0. The summed E-state index contributed by atoms with van der Waals surface area (Å²) < 4.78 is 40.8. The molecule has 0 saturated heterocycles. The molecule has 0 amide bonds. The van der Waals surface area contributed by atoms with Gasteiger partial charge in [0.15, 0.2) is 0 Å². The molecular weight excluding hydrogens is 255 g/mol. The number of aryl methyl sites for hydroxylation is 1. The molecule has 1 rings (SSSR count). The van der Waals surface area contributed by atoms with Crippen LogP contribution in [0.25, 0.3) is 0 Å². The predicted molar refractivity (Wildman–Crippen MR) is 69.2 cm³/mol.